The van der Waals surface area contributed by atoms with E-state index in [9.17, 15) is 4.79 Å². The first-order chi connectivity index (χ1) is 19.1. The van der Waals surface area contributed by atoms with Gasteiger partial charge in [-0.25, -0.2) is 4.68 Å². The zero-order valence-electron chi connectivity index (χ0n) is 21.9. The third-order valence-corrected chi connectivity index (χ3v) is 8.01. The molecular formula is C30H31ClN6O2. The first kappa shape index (κ1) is 25.5. The van der Waals surface area contributed by atoms with Gasteiger partial charge in [-0.15, -0.1) is 5.10 Å². The number of benzene rings is 2. The molecule has 0 unspecified atom stereocenters. The molecule has 8 nitrogen and oxygen atoms in total. The molecular weight excluding hydrogens is 512 g/mol. The van der Waals surface area contributed by atoms with Crippen LogP contribution in [0.1, 0.15) is 72.5 Å². The lowest BCUT2D eigenvalue weighted by atomic mass is 9.95. The van der Waals surface area contributed by atoms with Gasteiger partial charge in [0.05, 0.1) is 18.8 Å². The minimum atomic E-state index is -0.544. The maximum Gasteiger partial charge on any atom is 0.253 e. The van der Waals surface area contributed by atoms with Crippen molar-refractivity contribution in [3.05, 3.63) is 111 Å². The number of nitrogens with one attached hydrogen (secondary N) is 1. The van der Waals surface area contributed by atoms with E-state index in [0.717, 1.165) is 53.5 Å². The number of halogens is 1. The molecule has 1 N–H and O–H groups in total. The van der Waals surface area contributed by atoms with Crippen LogP contribution in [-0.2, 0) is 13.1 Å². The van der Waals surface area contributed by atoms with E-state index in [1.54, 1.807) is 6.26 Å². The maximum atomic E-state index is 13.8. The predicted molar refractivity (Wildman–Crippen MR) is 150 cm³/mol. The van der Waals surface area contributed by atoms with Crippen molar-refractivity contribution >= 4 is 22.5 Å². The lowest BCUT2D eigenvalue weighted by Gasteiger charge is -2.32. The van der Waals surface area contributed by atoms with Crippen molar-refractivity contribution in [2.45, 2.75) is 64.2 Å². The Hall–Kier alpha value is -3.75. The van der Waals surface area contributed by atoms with E-state index < -0.39 is 6.04 Å². The molecule has 0 spiro atoms. The summed E-state index contributed by atoms with van der Waals surface area (Å²) in [6, 6.07) is 19.2. The van der Waals surface area contributed by atoms with Gasteiger partial charge < -0.3 is 9.40 Å². The minimum absolute atomic E-state index is 0.168. The Balaban J connectivity index is 1.54. The van der Waals surface area contributed by atoms with Crippen molar-refractivity contribution in [1.29, 1.82) is 0 Å². The van der Waals surface area contributed by atoms with Gasteiger partial charge in [0.15, 0.2) is 5.82 Å². The van der Waals surface area contributed by atoms with Crippen molar-refractivity contribution < 1.29 is 4.42 Å². The van der Waals surface area contributed by atoms with Crippen LogP contribution in [0, 0.1) is 6.92 Å². The van der Waals surface area contributed by atoms with Crippen molar-refractivity contribution in [2.75, 3.05) is 0 Å². The highest BCUT2D eigenvalue weighted by atomic mass is 35.5. The number of hydrogen-bond acceptors (Lipinski definition) is 6. The summed E-state index contributed by atoms with van der Waals surface area (Å²) < 4.78 is 7.73. The first-order valence-electron chi connectivity index (χ1n) is 13.5. The largest absolute Gasteiger partial charge is 0.468 e. The molecule has 200 valence electrons. The Morgan fingerprint density at radius 1 is 1.08 bits per heavy atom. The molecule has 2 aromatic carbocycles. The fourth-order valence-electron chi connectivity index (χ4n) is 5.70. The second kappa shape index (κ2) is 11.2. The topological polar surface area (TPSA) is 92.8 Å². The second-order valence-electron chi connectivity index (χ2n) is 10.4. The lowest BCUT2D eigenvalue weighted by Crippen LogP contribution is -2.35. The predicted octanol–water partition coefficient (Wildman–Crippen LogP) is 6.37. The summed E-state index contributed by atoms with van der Waals surface area (Å²) >= 11 is 6.64. The van der Waals surface area contributed by atoms with Crippen LogP contribution in [0.3, 0.4) is 0 Å². The van der Waals surface area contributed by atoms with E-state index in [0.29, 0.717) is 29.5 Å². The Labute approximate surface area is 231 Å². The molecule has 0 aliphatic heterocycles. The molecule has 9 heteroatoms. The number of tetrazole rings is 1. The number of fused-ring (bicyclic) bond motifs is 1. The summed E-state index contributed by atoms with van der Waals surface area (Å²) in [6.45, 7) is 2.95. The molecule has 39 heavy (non-hydrogen) atoms. The number of hydrogen-bond donors (Lipinski definition) is 1. The number of H-pyrrole nitrogens is 1. The van der Waals surface area contributed by atoms with Gasteiger partial charge in [-0.2, -0.15) is 0 Å². The van der Waals surface area contributed by atoms with Crippen LogP contribution in [-0.4, -0.2) is 30.1 Å². The SMILES string of the molecule is Cc1ccc2[nH]c(=O)c([C@H](c3nnnn3C3CCCCC3)N(Cc3ccco3)Cc3ccccc3Cl)cc2c1. The molecule has 1 saturated carbocycles. The van der Waals surface area contributed by atoms with Gasteiger partial charge >= 0.3 is 0 Å². The molecule has 1 aliphatic rings. The number of aromatic nitrogens is 5. The Morgan fingerprint density at radius 2 is 1.92 bits per heavy atom. The number of nitrogens with zero attached hydrogens (tertiary/aromatic N) is 5. The average molecular weight is 543 g/mol. The molecule has 0 saturated heterocycles. The highest BCUT2D eigenvalue weighted by Gasteiger charge is 2.33. The fraction of sp³-hybridized carbons (Fsp3) is 0.333. The van der Waals surface area contributed by atoms with Crippen LogP contribution in [0.4, 0.5) is 0 Å². The van der Waals surface area contributed by atoms with Gasteiger partial charge in [0.1, 0.15) is 11.8 Å². The number of aryl methyl sites for hydroxylation is 1. The van der Waals surface area contributed by atoms with Gasteiger partial charge in [0.2, 0.25) is 0 Å². The number of furan rings is 1. The minimum Gasteiger partial charge on any atom is -0.468 e. The van der Waals surface area contributed by atoms with Crippen molar-refractivity contribution in [3.8, 4) is 0 Å². The van der Waals surface area contributed by atoms with Crippen LogP contribution in [0.2, 0.25) is 5.02 Å². The van der Waals surface area contributed by atoms with Gasteiger partial charge in [0.25, 0.3) is 5.56 Å². The zero-order chi connectivity index (χ0) is 26.8. The van der Waals surface area contributed by atoms with Gasteiger partial charge in [0, 0.05) is 22.6 Å². The highest BCUT2D eigenvalue weighted by molar-refractivity contribution is 6.31. The molecule has 0 radical (unpaired) electrons. The molecule has 5 aromatic rings. The molecule has 1 atom stereocenters. The quantitative estimate of drug-likeness (QED) is 0.245. The molecule has 6 rings (SSSR count). The maximum absolute atomic E-state index is 13.8. The summed E-state index contributed by atoms with van der Waals surface area (Å²) in [5, 5.41) is 14.8. The number of pyridine rings is 1. The Bertz CT molecular complexity index is 1620. The van der Waals surface area contributed by atoms with Crippen molar-refractivity contribution in [3.63, 3.8) is 0 Å². The lowest BCUT2D eigenvalue weighted by molar-refractivity contribution is 0.173. The van der Waals surface area contributed by atoms with Crippen LogP contribution in [0.25, 0.3) is 10.9 Å². The molecule has 3 aromatic heterocycles. The molecule has 3 heterocycles. The monoisotopic (exact) mass is 542 g/mol. The second-order valence-corrected chi connectivity index (χ2v) is 10.8. The smallest absolute Gasteiger partial charge is 0.253 e. The van der Waals surface area contributed by atoms with Crippen molar-refractivity contribution in [1.82, 2.24) is 30.1 Å². The molecule has 1 fully saturated rings. The average Bonchev–Trinajstić information content (AvgIpc) is 3.64. The third-order valence-electron chi connectivity index (χ3n) is 7.64. The van der Waals surface area contributed by atoms with E-state index in [-0.39, 0.29) is 11.6 Å². The van der Waals surface area contributed by atoms with Crippen molar-refractivity contribution in [2.24, 2.45) is 0 Å². The molecule has 0 amide bonds. The summed E-state index contributed by atoms with van der Waals surface area (Å²) in [5.41, 5.74) is 3.27. The number of aromatic amines is 1. The first-order valence-corrected chi connectivity index (χ1v) is 13.9. The summed E-state index contributed by atoms with van der Waals surface area (Å²) in [6.07, 6.45) is 7.19. The zero-order valence-corrected chi connectivity index (χ0v) is 22.6. The summed E-state index contributed by atoms with van der Waals surface area (Å²) in [4.78, 5) is 19.0. The standard InChI is InChI=1S/C30H31ClN6O2/c1-20-13-14-27-22(16-20)17-25(30(38)32-27)28(29-33-34-35-37(29)23-9-3-2-4-10-23)36(19-24-11-7-15-39-24)18-21-8-5-6-12-26(21)31/h5-8,11-17,23,28H,2-4,9-10,18-19H2,1H3,(H,32,38)/t28-/m1/s1. The van der Waals surface area contributed by atoms with Crippen LogP contribution >= 0.6 is 11.6 Å². The van der Waals surface area contributed by atoms with E-state index in [4.69, 9.17) is 16.0 Å². The molecule has 0 bridgehead atoms. The van der Waals surface area contributed by atoms with Gasteiger partial charge in [-0.3, -0.25) is 9.69 Å². The normalized spacial score (nSPS) is 15.3. The molecule has 1 aliphatic carbocycles. The van der Waals surface area contributed by atoms with Crippen LogP contribution in [0.5, 0.6) is 0 Å². The van der Waals surface area contributed by atoms with E-state index >= 15 is 0 Å². The van der Waals surface area contributed by atoms with Gasteiger partial charge in [-0.05, 0) is 77.5 Å². The van der Waals surface area contributed by atoms with E-state index in [2.05, 4.69) is 31.5 Å². The van der Waals surface area contributed by atoms with Crippen LogP contribution in [0.15, 0.2) is 76.1 Å². The van der Waals surface area contributed by atoms with Crippen LogP contribution < -0.4 is 5.56 Å². The van der Waals surface area contributed by atoms with E-state index in [1.807, 2.05) is 66.2 Å². The highest BCUT2D eigenvalue weighted by Crippen LogP contribution is 2.35. The summed E-state index contributed by atoms with van der Waals surface area (Å²) in [5.74, 6) is 1.43. The van der Waals surface area contributed by atoms with E-state index in [1.165, 1.54) is 6.42 Å². The summed E-state index contributed by atoms with van der Waals surface area (Å²) in [7, 11) is 0. The Kier molecular flexibility index (Phi) is 7.30. The number of rotatable bonds is 8. The Morgan fingerprint density at radius 3 is 2.72 bits per heavy atom. The fourth-order valence-corrected chi connectivity index (χ4v) is 5.89. The van der Waals surface area contributed by atoms with Gasteiger partial charge in [-0.1, -0.05) is 60.7 Å². The third kappa shape index (κ3) is 5.40.